The third-order valence-corrected chi connectivity index (χ3v) is 5.16. The summed E-state index contributed by atoms with van der Waals surface area (Å²) in [4.78, 5) is 9.04. The molecule has 0 saturated carbocycles. The molecule has 0 amide bonds. The predicted octanol–water partition coefficient (Wildman–Crippen LogP) is 1.72. The molecule has 0 aliphatic heterocycles. The molecule has 0 aliphatic carbocycles. The summed E-state index contributed by atoms with van der Waals surface area (Å²) in [7, 11) is -9.99. The summed E-state index contributed by atoms with van der Waals surface area (Å²) in [5.41, 5.74) is 0.398. The zero-order chi connectivity index (χ0) is 18.4. The molecule has 0 spiro atoms. The lowest BCUT2D eigenvalue weighted by atomic mass is 10.1. The fourth-order valence-electron chi connectivity index (χ4n) is 2.38. The van der Waals surface area contributed by atoms with E-state index in [4.69, 9.17) is 4.42 Å². The molecule has 25 heavy (non-hydrogen) atoms. The second-order valence-corrected chi connectivity index (χ2v) is 7.81. The maximum atomic E-state index is 11.4. The van der Waals surface area contributed by atoms with Gasteiger partial charge in [0.2, 0.25) is 0 Å². The van der Waals surface area contributed by atoms with Gasteiger partial charge in [0.1, 0.15) is 26.0 Å². The fraction of sp³-hybridized carbons (Fsp3) is 0. The Hall–Kier alpha value is -2.53. The molecule has 10 heteroatoms. The SMILES string of the molecule is O=Cc1ccc(-c2ccc3c(S(=O)(=O)[O-])cc(S(=O)(=O)[O-])cc3c2)o1. The van der Waals surface area contributed by atoms with Gasteiger partial charge in [-0.3, -0.25) is 4.79 Å². The van der Waals surface area contributed by atoms with E-state index in [1.807, 2.05) is 0 Å². The van der Waals surface area contributed by atoms with E-state index in [0.717, 1.165) is 6.07 Å². The Balaban J connectivity index is 2.33. The van der Waals surface area contributed by atoms with E-state index in [9.17, 15) is 30.7 Å². The first-order valence-corrected chi connectivity index (χ1v) is 9.46. The minimum absolute atomic E-state index is 0.0340. The number of aldehydes is 1. The van der Waals surface area contributed by atoms with Crippen molar-refractivity contribution in [3.63, 3.8) is 0 Å². The van der Waals surface area contributed by atoms with Crippen LogP contribution in [-0.2, 0) is 20.2 Å². The number of rotatable bonds is 4. The average molecular weight is 380 g/mol. The van der Waals surface area contributed by atoms with E-state index in [0.29, 0.717) is 17.9 Å². The van der Waals surface area contributed by atoms with Crippen LogP contribution in [0.3, 0.4) is 0 Å². The first-order valence-electron chi connectivity index (χ1n) is 6.64. The Morgan fingerprint density at radius 2 is 1.60 bits per heavy atom. The fourth-order valence-corrected chi connectivity index (χ4v) is 3.72. The molecule has 2 aromatic carbocycles. The molecular formula is C15H8O8S2-2. The predicted molar refractivity (Wildman–Crippen MR) is 83.0 cm³/mol. The van der Waals surface area contributed by atoms with Gasteiger partial charge in [-0.05, 0) is 41.1 Å². The highest BCUT2D eigenvalue weighted by Crippen LogP contribution is 2.31. The summed E-state index contributed by atoms with van der Waals surface area (Å²) in [6.45, 7) is 0. The topological polar surface area (TPSA) is 145 Å². The molecule has 130 valence electrons. The van der Waals surface area contributed by atoms with Gasteiger partial charge < -0.3 is 13.5 Å². The Labute approximate surface area is 142 Å². The van der Waals surface area contributed by atoms with Gasteiger partial charge >= 0.3 is 0 Å². The molecule has 3 aromatic rings. The number of fused-ring (bicyclic) bond motifs is 1. The Morgan fingerprint density at radius 3 is 2.16 bits per heavy atom. The third-order valence-electron chi connectivity index (χ3n) is 3.47. The van der Waals surface area contributed by atoms with Crippen LogP contribution in [-0.4, -0.2) is 32.2 Å². The van der Waals surface area contributed by atoms with Crippen molar-refractivity contribution in [2.45, 2.75) is 9.79 Å². The molecule has 8 nitrogen and oxygen atoms in total. The number of hydrogen-bond donors (Lipinski definition) is 0. The summed E-state index contributed by atoms with van der Waals surface area (Å²) < 4.78 is 73.2. The van der Waals surface area contributed by atoms with Gasteiger partial charge in [0, 0.05) is 5.56 Å². The van der Waals surface area contributed by atoms with Gasteiger partial charge in [-0.1, -0.05) is 12.1 Å². The first kappa shape index (κ1) is 17.3. The maximum absolute atomic E-state index is 11.4. The largest absolute Gasteiger partial charge is 0.744 e. The van der Waals surface area contributed by atoms with Crippen LogP contribution < -0.4 is 0 Å². The zero-order valence-corrected chi connectivity index (χ0v) is 13.8. The standard InChI is InChI=1S/C15H10O8S2/c16-8-11-2-4-14(23-11)9-1-3-13-10(5-9)6-12(24(17,18)19)7-15(13)25(20,21)22/h1-8H,(H,17,18,19)(H,20,21,22)/p-2. The molecular weight excluding hydrogens is 372 g/mol. The average Bonchev–Trinajstić information content (AvgIpc) is 3.00. The highest BCUT2D eigenvalue weighted by atomic mass is 32.2. The zero-order valence-electron chi connectivity index (χ0n) is 12.2. The van der Waals surface area contributed by atoms with E-state index >= 15 is 0 Å². The summed E-state index contributed by atoms with van der Waals surface area (Å²) in [5.74, 6) is 0.333. The van der Waals surface area contributed by atoms with Crippen molar-refractivity contribution in [2.24, 2.45) is 0 Å². The van der Waals surface area contributed by atoms with Crippen LogP contribution in [0.25, 0.3) is 22.1 Å². The molecule has 1 aromatic heterocycles. The van der Waals surface area contributed by atoms with Gasteiger partial charge in [0.15, 0.2) is 12.0 Å². The lowest BCUT2D eigenvalue weighted by Crippen LogP contribution is -2.04. The highest BCUT2D eigenvalue weighted by molar-refractivity contribution is 7.86. The molecule has 0 bridgehead atoms. The van der Waals surface area contributed by atoms with Crippen molar-refractivity contribution in [3.05, 3.63) is 48.2 Å². The second kappa shape index (κ2) is 5.77. The van der Waals surface area contributed by atoms with Crippen molar-refractivity contribution in [3.8, 4) is 11.3 Å². The molecule has 0 atom stereocenters. The maximum Gasteiger partial charge on any atom is 0.185 e. The Bertz CT molecular complexity index is 1200. The van der Waals surface area contributed by atoms with Crippen LogP contribution in [0.1, 0.15) is 10.6 Å². The minimum atomic E-state index is -5.01. The summed E-state index contributed by atoms with van der Waals surface area (Å²) >= 11 is 0. The first-order chi connectivity index (χ1) is 11.6. The Morgan fingerprint density at radius 1 is 0.880 bits per heavy atom. The van der Waals surface area contributed by atoms with Crippen LogP contribution in [0, 0.1) is 0 Å². The van der Waals surface area contributed by atoms with Crippen LogP contribution in [0.15, 0.2) is 56.7 Å². The molecule has 1 heterocycles. The normalized spacial score (nSPS) is 12.4. The smallest absolute Gasteiger partial charge is 0.185 e. The second-order valence-electron chi connectivity index (χ2n) is 5.09. The van der Waals surface area contributed by atoms with Crippen molar-refractivity contribution in [1.29, 1.82) is 0 Å². The van der Waals surface area contributed by atoms with Crippen LogP contribution in [0.2, 0.25) is 0 Å². The van der Waals surface area contributed by atoms with Gasteiger partial charge in [0.25, 0.3) is 0 Å². The monoisotopic (exact) mass is 380 g/mol. The van der Waals surface area contributed by atoms with Crippen molar-refractivity contribution >= 4 is 37.3 Å². The Kier molecular flexibility index (Phi) is 4.00. The van der Waals surface area contributed by atoms with Crippen LogP contribution in [0.5, 0.6) is 0 Å². The lowest BCUT2D eigenvalue weighted by molar-refractivity contribution is 0.110. The summed E-state index contributed by atoms with van der Waals surface area (Å²) in [6, 6.07) is 8.51. The molecule has 0 radical (unpaired) electrons. The van der Waals surface area contributed by atoms with Gasteiger partial charge in [-0.25, -0.2) is 16.8 Å². The van der Waals surface area contributed by atoms with Gasteiger partial charge in [-0.2, -0.15) is 0 Å². The number of carbonyl (C=O) groups is 1. The number of benzene rings is 2. The quantitative estimate of drug-likeness (QED) is 0.491. The highest BCUT2D eigenvalue weighted by Gasteiger charge is 2.14. The number of furan rings is 1. The molecule has 0 unspecified atom stereocenters. The van der Waals surface area contributed by atoms with Crippen LogP contribution in [0.4, 0.5) is 0 Å². The molecule has 3 rings (SSSR count). The summed E-state index contributed by atoms with van der Waals surface area (Å²) in [5, 5.41) is 0.0150. The van der Waals surface area contributed by atoms with Crippen molar-refractivity contribution in [2.75, 3.05) is 0 Å². The minimum Gasteiger partial charge on any atom is -0.744 e. The van der Waals surface area contributed by atoms with Crippen molar-refractivity contribution in [1.82, 2.24) is 0 Å². The third kappa shape index (κ3) is 3.33. The van der Waals surface area contributed by atoms with Gasteiger partial charge in [0.05, 0.1) is 9.79 Å². The van der Waals surface area contributed by atoms with E-state index in [1.54, 1.807) is 0 Å². The lowest BCUT2D eigenvalue weighted by Gasteiger charge is -2.15. The molecule has 0 saturated heterocycles. The molecule has 0 aliphatic rings. The summed E-state index contributed by atoms with van der Waals surface area (Å²) in [6.07, 6.45) is 0.495. The van der Waals surface area contributed by atoms with Gasteiger partial charge in [-0.15, -0.1) is 0 Å². The van der Waals surface area contributed by atoms with E-state index in [-0.39, 0.29) is 22.3 Å². The van der Waals surface area contributed by atoms with Crippen LogP contribution >= 0.6 is 0 Å². The molecule has 0 N–H and O–H groups in total. The molecule has 0 fully saturated rings. The van der Waals surface area contributed by atoms with E-state index in [2.05, 4.69) is 0 Å². The van der Waals surface area contributed by atoms with E-state index < -0.39 is 30.0 Å². The number of carbonyl (C=O) groups excluding carboxylic acids is 1. The van der Waals surface area contributed by atoms with E-state index in [1.165, 1.54) is 30.3 Å². The number of hydrogen-bond acceptors (Lipinski definition) is 8. The van der Waals surface area contributed by atoms with Crippen molar-refractivity contribution < 1.29 is 35.2 Å².